The molecule has 1 heterocycles. The van der Waals surface area contributed by atoms with Crippen LogP contribution in [-0.4, -0.2) is 18.2 Å². The second kappa shape index (κ2) is 5.53. The van der Waals surface area contributed by atoms with Crippen molar-refractivity contribution < 1.29 is 8.42 Å². The highest BCUT2D eigenvalue weighted by atomic mass is 32.2. The zero-order chi connectivity index (χ0) is 15.6. The van der Waals surface area contributed by atoms with Crippen LogP contribution in [0.2, 0.25) is 0 Å². The van der Waals surface area contributed by atoms with Crippen LogP contribution in [0.4, 0.5) is 5.82 Å². The van der Waals surface area contributed by atoms with E-state index in [2.05, 4.69) is 9.82 Å². The minimum Gasteiger partial charge on any atom is -0.275 e. The summed E-state index contributed by atoms with van der Waals surface area (Å²) < 4.78 is 28.1. The molecule has 7 heteroatoms. The molecule has 6 nitrogen and oxygen atoms in total. The van der Waals surface area contributed by atoms with Gasteiger partial charge in [0.15, 0.2) is 0 Å². The molecule has 0 atom stereocenters. The van der Waals surface area contributed by atoms with Crippen molar-refractivity contribution in [2.45, 2.75) is 4.90 Å². The van der Waals surface area contributed by atoms with Gasteiger partial charge in [-0.25, -0.2) is 13.1 Å². The monoisotopic (exact) mass is 315 g/mol. The van der Waals surface area contributed by atoms with E-state index in [0.29, 0.717) is 5.69 Å². The number of hydrogen-bond acceptors (Lipinski definition) is 3. The van der Waals surface area contributed by atoms with Gasteiger partial charge < -0.3 is 0 Å². The van der Waals surface area contributed by atoms with Gasteiger partial charge in [0.1, 0.15) is 5.82 Å². The second-order valence-corrected chi connectivity index (χ2v) is 6.28. The molecule has 3 aromatic rings. The summed E-state index contributed by atoms with van der Waals surface area (Å²) in [6.07, 6.45) is 0. The normalized spacial score (nSPS) is 11.3. The van der Waals surface area contributed by atoms with Crippen LogP contribution in [-0.2, 0) is 10.0 Å². The van der Waals surface area contributed by atoms with Gasteiger partial charge in [-0.15, -0.1) is 0 Å². The molecule has 0 aliphatic carbocycles. The molecule has 0 bridgehead atoms. The summed E-state index contributed by atoms with van der Waals surface area (Å²) in [5.74, 6) is 0.109. The number of anilines is 1. The van der Waals surface area contributed by atoms with Crippen molar-refractivity contribution >= 4 is 15.8 Å². The number of aromatic nitrogens is 2. The lowest BCUT2D eigenvalue weighted by atomic mass is 10.3. The first kappa shape index (κ1) is 14.2. The molecule has 0 radical (unpaired) electrons. The largest absolute Gasteiger partial charge is 0.275 e. The highest BCUT2D eigenvalue weighted by Gasteiger charge is 2.15. The Morgan fingerprint density at radius 3 is 2.14 bits per heavy atom. The smallest absolute Gasteiger partial charge is 0.273 e. The average Bonchev–Trinajstić information content (AvgIpc) is 2.89. The first-order valence-electron chi connectivity index (χ1n) is 6.52. The van der Waals surface area contributed by atoms with Gasteiger partial charge in [0, 0.05) is 6.07 Å². The molecule has 0 amide bonds. The van der Waals surface area contributed by atoms with Gasteiger partial charge in [-0.1, -0.05) is 36.4 Å². The summed E-state index contributed by atoms with van der Waals surface area (Å²) >= 11 is 0. The molecule has 22 heavy (non-hydrogen) atoms. The first-order valence-corrected chi connectivity index (χ1v) is 8.00. The van der Waals surface area contributed by atoms with Crippen molar-refractivity contribution in [2.75, 3.05) is 4.72 Å². The third-order valence-corrected chi connectivity index (χ3v) is 4.41. The van der Waals surface area contributed by atoms with E-state index in [1.807, 2.05) is 6.07 Å². The zero-order valence-electron chi connectivity index (χ0n) is 11.4. The number of H-pyrrole nitrogens is 1. The van der Waals surface area contributed by atoms with Gasteiger partial charge >= 0.3 is 0 Å². The Balaban J connectivity index is 1.94. The van der Waals surface area contributed by atoms with Crippen molar-refractivity contribution in [3.05, 3.63) is 77.1 Å². The van der Waals surface area contributed by atoms with Crippen molar-refractivity contribution in [3.8, 4) is 5.69 Å². The Morgan fingerprint density at radius 2 is 1.50 bits per heavy atom. The molecule has 2 N–H and O–H groups in total. The molecule has 0 aliphatic heterocycles. The van der Waals surface area contributed by atoms with Crippen molar-refractivity contribution in [2.24, 2.45) is 0 Å². The van der Waals surface area contributed by atoms with E-state index in [4.69, 9.17) is 0 Å². The number of nitrogens with zero attached hydrogens (tertiary/aromatic N) is 1. The maximum atomic E-state index is 12.2. The summed E-state index contributed by atoms with van der Waals surface area (Å²) in [5.41, 5.74) is 0.273. The molecule has 0 saturated heterocycles. The number of hydrogen-bond donors (Lipinski definition) is 2. The SMILES string of the molecule is O=c1cc(NS(=O)(=O)c2ccccc2)[nH]n1-c1ccccc1. The second-order valence-electron chi connectivity index (χ2n) is 4.60. The number of rotatable bonds is 4. The Morgan fingerprint density at radius 1 is 0.909 bits per heavy atom. The maximum absolute atomic E-state index is 12.2. The van der Waals surface area contributed by atoms with Crippen LogP contribution in [0.15, 0.2) is 76.4 Å². The summed E-state index contributed by atoms with van der Waals surface area (Å²) in [7, 11) is -3.73. The predicted octanol–water partition coefficient (Wildman–Crippen LogP) is 1.97. The number of para-hydroxylation sites is 1. The molecular weight excluding hydrogens is 302 g/mol. The Hall–Kier alpha value is -2.80. The van der Waals surface area contributed by atoms with Crippen LogP contribution >= 0.6 is 0 Å². The van der Waals surface area contributed by atoms with E-state index in [0.717, 1.165) is 0 Å². The summed E-state index contributed by atoms with van der Waals surface area (Å²) in [4.78, 5) is 12.1. The van der Waals surface area contributed by atoms with Gasteiger partial charge in [0.05, 0.1) is 10.6 Å². The van der Waals surface area contributed by atoms with Gasteiger partial charge in [0.2, 0.25) is 0 Å². The van der Waals surface area contributed by atoms with Crippen molar-refractivity contribution in [1.82, 2.24) is 9.78 Å². The average molecular weight is 315 g/mol. The summed E-state index contributed by atoms with van der Waals surface area (Å²) in [6, 6.07) is 18.0. The highest BCUT2D eigenvalue weighted by molar-refractivity contribution is 7.92. The Labute approximate surface area is 127 Å². The van der Waals surface area contributed by atoms with Gasteiger partial charge in [-0.3, -0.25) is 14.6 Å². The van der Waals surface area contributed by atoms with Crippen LogP contribution in [0, 0.1) is 0 Å². The lowest BCUT2D eigenvalue weighted by Gasteiger charge is -2.06. The third kappa shape index (κ3) is 2.79. The van der Waals surface area contributed by atoms with Gasteiger partial charge in [0.25, 0.3) is 15.6 Å². The van der Waals surface area contributed by atoms with E-state index in [9.17, 15) is 13.2 Å². The van der Waals surface area contributed by atoms with Crippen LogP contribution in [0.3, 0.4) is 0 Å². The number of benzene rings is 2. The maximum Gasteiger partial charge on any atom is 0.273 e. The first-order chi connectivity index (χ1) is 10.6. The topological polar surface area (TPSA) is 84.0 Å². The molecular formula is C15H13N3O3S. The lowest BCUT2D eigenvalue weighted by molar-refractivity contribution is 0.601. The van der Waals surface area contributed by atoms with Gasteiger partial charge in [-0.05, 0) is 24.3 Å². The van der Waals surface area contributed by atoms with Gasteiger partial charge in [-0.2, -0.15) is 0 Å². The molecule has 3 rings (SSSR count). The highest BCUT2D eigenvalue weighted by Crippen LogP contribution is 2.13. The zero-order valence-corrected chi connectivity index (χ0v) is 12.2. The fourth-order valence-electron chi connectivity index (χ4n) is 2.02. The molecule has 1 aromatic heterocycles. The predicted molar refractivity (Wildman–Crippen MR) is 83.6 cm³/mol. The van der Waals surface area contributed by atoms with Crippen LogP contribution in [0.1, 0.15) is 0 Å². The fourth-order valence-corrected chi connectivity index (χ4v) is 3.05. The summed E-state index contributed by atoms with van der Waals surface area (Å²) in [5, 5.41) is 2.74. The third-order valence-electron chi connectivity index (χ3n) is 3.03. The number of aromatic amines is 1. The standard InChI is InChI=1S/C15H13N3O3S/c19-15-11-14(16-18(15)12-7-3-1-4-8-12)17-22(20,21)13-9-5-2-6-10-13/h1-11,16-17H. The lowest BCUT2D eigenvalue weighted by Crippen LogP contribution is -2.14. The van der Waals surface area contributed by atoms with Crippen LogP contribution in [0.5, 0.6) is 0 Å². The Kier molecular flexibility index (Phi) is 3.56. The molecule has 112 valence electrons. The molecule has 0 saturated carbocycles. The van der Waals surface area contributed by atoms with E-state index in [1.54, 1.807) is 42.5 Å². The van der Waals surface area contributed by atoms with E-state index < -0.39 is 10.0 Å². The minimum absolute atomic E-state index is 0.109. The van der Waals surface area contributed by atoms with Crippen LogP contribution < -0.4 is 10.3 Å². The fraction of sp³-hybridized carbons (Fsp3) is 0. The molecule has 0 spiro atoms. The molecule has 0 aliphatic rings. The van der Waals surface area contributed by atoms with Crippen LogP contribution in [0.25, 0.3) is 5.69 Å². The molecule has 0 fully saturated rings. The van der Waals surface area contributed by atoms with Crippen molar-refractivity contribution in [3.63, 3.8) is 0 Å². The summed E-state index contributed by atoms with van der Waals surface area (Å²) in [6.45, 7) is 0. The minimum atomic E-state index is -3.73. The quantitative estimate of drug-likeness (QED) is 0.772. The van der Waals surface area contributed by atoms with E-state index >= 15 is 0 Å². The molecule has 2 aromatic carbocycles. The Bertz CT molecular complexity index is 929. The van der Waals surface area contributed by atoms with E-state index in [-0.39, 0.29) is 16.3 Å². The van der Waals surface area contributed by atoms with E-state index in [1.165, 1.54) is 22.9 Å². The number of nitrogens with one attached hydrogen (secondary N) is 2. The van der Waals surface area contributed by atoms with Crippen molar-refractivity contribution in [1.29, 1.82) is 0 Å². The number of sulfonamides is 1. The molecule has 0 unspecified atom stereocenters.